The van der Waals surface area contributed by atoms with E-state index in [1.54, 1.807) is 0 Å². The van der Waals surface area contributed by atoms with Gasteiger partial charge in [-0.05, 0) is 26.7 Å². The zero-order valence-electron chi connectivity index (χ0n) is 15.6. The van der Waals surface area contributed by atoms with Crippen LogP contribution >= 0.6 is 24.0 Å². The van der Waals surface area contributed by atoms with E-state index in [0.717, 1.165) is 44.7 Å². The number of aliphatic imine (C=N–C) groups is 1. The molecule has 0 bridgehead atoms. The van der Waals surface area contributed by atoms with Crippen molar-refractivity contribution in [1.82, 2.24) is 10.2 Å². The number of likely N-dealkylation sites (tertiary alicyclic amines) is 1. The third kappa shape index (κ3) is 5.80. The molecule has 0 amide bonds. The van der Waals surface area contributed by atoms with Crippen LogP contribution in [0, 0.1) is 5.41 Å². The lowest BCUT2D eigenvalue weighted by Gasteiger charge is -2.62. The van der Waals surface area contributed by atoms with E-state index in [1.165, 1.54) is 7.11 Å². The number of nitrogens with zero attached hydrogens (tertiary/aromatic N) is 2. The Hall–Kier alpha value is -0.530. The Bertz CT molecular complexity index is 409. The number of halogens is 1. The Morgan fingerprint density at radius 1 is 1.17 bits per heavy atom. The molecule has 0 atom stereocenters. The van der Waals surface area contributed by atoms with Gasteiger partial charge in [0.05, 0.1) is 7.11 Å². The van der Waals surface area contributed by atoms with Gasteiger partial charge in [0.1, 0.15) is 0 Å². The van der Waals surface area contributed by atoms with Gasteiger partial charge >= 0.3 is 5.97 Å². The predicted molar refractivity (Wildman–Crippen MR) is 106 cm³/mol. The van der Waals surface area contributed by atoms with Crippen molar-refractivity contribution in [3.8, 4) is 0 Å². The molecule has 0 unspecified atom stereocenters. The Morgan fingerprint density at radius 2 is 1.78 bits per heavy atom. The molecule has 6 heteroatoms. The Morgan fingerprint density at radius 3 is 2.26 bits per heavy atom. The van der Waals surface area contributed by atoms with Gasteiger partial charge in [0.2, 0.25) is 0 Å². The van der Waals surface area contributed by atoms with E-state index in [-0.39, 0.29) is 35.5 Å². The fourth-order valence-corrected chi connectivity index (χ4v) is 2.75. The first-order valence-corrected chi connectivity index (χ1v) is 8.31. The number of guanidine groups is 1. The summed E-state index contributed by atoms with van der Waals surface area (Å²) in [6, 6.07) is 0. The van der Waals surface area contributed by atoms with Crippen LogP contribution in [0.25, 0.3) is 0 Å². The first-order valence-electron chi connectivity index (χ1n) is 8.31. The van der Waals surface area contributed by atoms with Crippen LogP contribution in [0.5, 0.6) is 0 Å². The molecule has 1 aliphatic rings. The largest absolute Gasteiger partial charge is 0.469 e. The molecule has 0 aromatic carbocycles. The lowest BCUT2D eigenvalue weighted by atomic mass is 9.65. The summed E-state index contributed by atoms with van der Waals surface area (Å²) in [5.41, 5.74) is 0.452. The van der Waals surface area contributed by atoms with E-state index in [9.17, 15) is 4.79 Å². The van der Waals surface area contributed by atoms with E-state index >= 15 is 0 Å². The molecule has 0 aliphatic carbocycles. The van der Waals surface area contributed by atoms with Gasteiger partial charge in [0.15, 0.2) is 5.96 Å². The third-order valence-corrected chi connectivity index (χ3v) is 5.17. The molecule has 1 aliphatic heterocycles. The highest BCUT2D eigenvalue weighted by molar-refractivity contribution is 14.0. The predicted octanol–water partition coefficient (Wildman–Crippen LogP) is 3.42. The number of nitrogens with one attached hydrogen (secondary N) is 1. The van der Waals surface area contributed by atoms with E-state index < -0.39 is 0 Å². The molecule has 1 heterocycles. The highest BCUT2D eigenvalue weighted by Crippen LogP contribution is 2.46. The quantitative estimate of drug-likeness (QED) is 0.217. The minimum absolute atomic E-state index is 0. The van der Waals surface area contributed by atoms with Crippen molar-refractivity contribution in [2.45, 2.75) is 65.3 Å². The Balaban J connectivity index is 0.00000484. The van der Waals surface area contributed by atoms with Gasteiger partial charge < -0.3 is 15.0 Å². The van der Waals surface area contributed by atoms with Crippen molar-refractivity contribution in [3.63, 3.8) is 0 Å². The topological polar surface area (TPSA) is 53.9 Å². The van der Waals surface area contributed by atoms with Crippen molar-refractivity contribution in [2.24, 2.45) is 10.4 Å². The fourth-order valence-electron chi connectivity index (χ4n) is 2.75. The molecule has 23 heavy (non-hydrogen) atoms. The van der Waals surface area contributed by atoms with Crippen LogP contribution in [0.3, 0.4) is 0 Å². The summed E-state index contributed by atoms with van der Waals surface area (Å²) in [5.74, 6) is 0.889. The van der Waals surface area contributed by atoms with Crippen molar-refractivity contribution in [1.29, 1.82) is 0 Å². The molecule has 0 aromatic heterocycles. The molecule has 5 nitrogen and oxygen atoms in total. The first kappa shape index (κ1) is 22.5. The number of carbonyl (C=O) groups is 1. The fraction of sp³-hybridized carbons (Fsp3) is 0.882. The van der Waals surface area contributed by atoms with Crippen LogP contribution in [0.4, 0.5) is 0 Å². The molecule has 0 saturated carbocycles. The first-order chi connectivity index (χ1) is 10.3. The van der Waals surface area contributed by atoms with E-state index in [2.05, 4.69) is 47.6 Å². The van der Waals surface area contributed by atoms with Gasteiger partial charge in [-0.15, -0.1) is 24.0 Å². The van der Waals surface area contributed by atoms with Crippen LogP contribution in [-0.4, -0.2) is 49.6 Å². The number of hydrogen-bond acceptors (Lipinski definition) is 3. The number of methoxy groups -OCH3 is 1. The average molecular weight is 439 g/mol. The SMILES string of the molecule is CN=C(NCCCCCCC(=O)OC)N1CC(C)(C)C1(C)C.I. The molecule has 0 radical (unpaired) electrons. The Labute approximate surface area is 158 Å². The monoisotopic (exact) mass is 439 g/mol. The summed E-state index contributed by atoms with van der Waals surface area (Å²) in [6.07, 6.45) is 4.72. The summed E-state index contributed by atoms with van der Waals surface area (Å²) in [4.78, 5) is 17.8. The third-order valence-electron chi connectivity index (χ3n) is 5.17. The number of hydrogen-bond donors (Lipinski definition) is 1. The summed E-state index contributed by atoms with van der Waals surface area (Å²) in [6.45, 7) is 11.1. The molecule has 136 valence electrons. The van der Waals surface area contributed by atoms with Crippen molar-refractivity contribution < 1.29 is 9.53 Å². The Kier molecular flexibility index (Phi) is 9.47. The van der Waals surface area contributed by atoms with Gasteiger partial charge in [-0.2, -0.15) is 0 Å². The summed E-state index contributed by atoms with van der Waals surface area (Å²) in [7, 11) is 3.29. The maximum Gasteiger partial charge on any atom is 0.305 e. The summed E-state index contributed by atoms with van der Waals surface area (Å²) in [5, 5.41) is 3.46. The molecule has 1 rings (SSSR count). The number of ether oxygens (including phenoxy) is 1. The zero-order chi connectivity index (χ0) is 16.8. The van der Waals surface area contributed by atoms with E-state index in [1.807, 2.05) is 7.05 Å². The van der Waals surface area contributed by atoms with Gasteiger partial charge in [-0.1, -0.05) is 26.7 Å². The van der Waals surface area contributed by atoms with Gasteiger partial charge in [0.25, 0.3) is 0 Å². The van der Waals surface area contributed by atoms with Crippen LogP contribution < -0.4 is 5.32 Å². The summed E-state index contributed by atoms with van der Waals surface area (Å²) < 4.78 is 4.63. The van der Waals surface area contributed by atoms with Crippen LogP contribution in [0.15, 0.2) is 4.99 Å². The molecule has 1 saturated heterocycles. The molecular formula is C17H34IN3O2. The number of unbranched alkanes of at least 4 members (excludes halogenated alkanes) is 3. The highest BCUT2D eigenvalue weighted by atomic mass is 127. The van der Waals surface area contributed by atoms with Crippen molar-refractivity contribution in [2.75, 3.05) is 27.2 Å². The molecule has 1 N–H and O–H groups in total. The van der Waals surface area contributed by atoms with Crippen LogP contribution in [-0.2, 0) is 9.53 Å². The molecule has 1 fully saturated rings. The maximum absolute atomic E-state index is 11.0. The van der Waals surface area contributed by atoms with E-state index in [0.29, 0.717) is 11.8 Å². The second-order valence-electron chi connectivity index (χ2n) is 7.24. The highest BCUT2D eigenvalue weighted by Gasteiger charge is 2.53. The molecule has 0 spiro atoms. The lowest BCUT2D eigenvalue weighted by Crippen LogP contribution is -2.72. The van der Waals surface area contributed by atoms with Gasteiger partial charge in [0, 0.05) is 37.5 Å². The summed E-state index contributed by atoms with van der Waals surface area (Å²) >= 11 is 0. The maximum atomic E-state index is 11.0. The number of rotatable bonds is 7. The second-order valence-corrected chi connectivity index (χ2v) is 7.24. The lowest BCUT2D eigenvalue weighted by molar-refractivity contribution is -0.140. The van der Waals surface area contributed by atoms with Crippen LogP contribution in [0.1, 0.15) is 59.8 Å². The minimum atomic E-state index is -0.110. The number of esters is 1. The van der Waals surface area contributed by atoms with Gasteiger partial charge in [-0.25, -0.2) is 0 Å². The second kappa shape index (κ2) is 9.69. The number of carbonyl (C=O) groups excluding carboxylic acids is 1. The van der Waals surface area contributed by atoms with E-state index in [4.69, 9.17) is 0 Å². The zero-order valence-corrected chi connectivity index (χ0v) is 17.9. The smallest absolute Gasteiger partial charge is 0.305 e. The standard InChI is InChI=1S/C17H33N3O2.HI/c1-16(2)13-20(17(16,3)4)15(18-5)19-12-10-8-7-9-11-14(21)22-6;/h7-13H2,1-6H3,(H,18,19);1H. The van der Waals surface area contributed by atoms with Crippen molar-refractivity contribution in [3.05, 3.63) is 0 Å². The molecule has 0 aromatic rings. The molecular weight excluding hydrogens is 405 g/mol. The normalized spacial score (nSPS) is 18.7. The minimum Gasteiger partial charge on any atom is -0.469 e. The van der Waals surface area contributed by atoms with Crippen LogP contribution in [0.2, 0.25) is 0 Å². The average Bonchev–Trinajstić information content (AvgIpc) is 2.48. The van der Waals surface area contributed by atoms with Gasteiger partial charge in [-0.3, -0.25) is 9.79 Å². The van der Waals surface area contributed by atoms with Crippen molar-refractivity contribution >= 4 is 35.9 Å².